The van der Waals surface area contributed by atoms with Gasteiger partial charge in [-0.3, -0.25) is 0 Å². The SMILES string of the molecule is CC1(C)c2ccc(C3=CCCC(C4=CC5=C(CC4)C(C)(C)C4C=CC=CC54)=C3)cc2-c2ccc3c4ccccc4c4ccccc4c3c21. The summed E-state index contributed by atoms with van der Waals surface area (Å²) in [5.41, 5.74) is 15.0. The Hall–Kier alpha value is -4.68. The fraction of sp³-hybridized carbons (Fsp3) is 0.250. The van der Waals surface area contributed by atoms with Crippen molar-refractivity contribution < 1.29 is 0 Å². The molecule has 0 heteroatoms. The standard InChI is InChI=1S/C48H42/c1-47(2)42-19-10-9-17-36(42)40-27-31(20-24-43(40)47)29-12-11-13-30(26-29)32-21-25-44-41(28-32)39-23-22-38-35-16-6-5-14-33(35)34-15-7-8-18-37(34)45(38)46(39)48(44,3)4/h5-10,13-19,21-23,25-28,36,42H,11-12,20,24H2,1-4H3. The van der Waals surface area contributed by atoms with Crippen molar-refractivity contribution in [2.24, 2.45) is 17.3 Å². The van der Waals surface area contributed by atoms with Crippen molar-refractivity contribution in [3.8, 4) is 11.1 Å². The molecular weight excluding hydrogens is 577 g/mol. The topological polar surface area (TPSA) is 0 Å². The highest BCUT2D eigenvalue weighted by Gasteiger charge is 2.46. The van der Waals surface area contributed by atoms with Crippen molar-refractivity contribution in [2.45, 2.75) is 58.8 Å². The average Bonchev–Trinajstić information content (AvgIpc) is 3.50. The lowest BCUT2D eigenvalue weighted by Gasteiger charge is -2.32. The van der Waals surface area contributed by atoms with Crippen molar-refractivity contribution in [3.05, 3.63) is 160 Å². The third kappa shape index (κ3) is 3.78. The summed E-state index contributed by atoms with van der Waals surface area (Å²) in [6.45, 7) is 9.81. The van der Waals surface area contributed by atoms with E-state index >= 15 is 0 Å². The fourth-order valence-corrected chi connectivity index (χ4v) is 10.4. The van der Waals surface area contributed by atoms with Gasteiger partial charge in [-0.2, -0.15) is 0 Å². The molecule has 5 aromatic carbocycles. The summed E-state index contributed by atoms with van der Waals surface area (Å²) < 4.78 is 0. The third-order valence-electron chi connectivity index (χ3n) is 12.8. The molecule has 2 atom stereocenters. The molecule has 10 rings (SSSR count). The van der Waals surface area contributed by atoms with Crippen LogP contribution in [-0.2, 0) is 5.41 Å². The molecule has 0 nitrogen and oxygen atoms in total. The summed E-state index contributed by atoms with van der Waals surface area (Å²) in [6, 6.07) is 30.1. The number of hydrogen-bond donors (Lipinski definition) is 0. The lowest BCUT2D eigenvalue weighted by atomic mass is 9.72. The Kier molecular flexibility index (Phi) is 5.86. The summed E-state index contributed by atoms with van der Waals surface area (Å²) in [5, 5.41) is 8.18. The third-order valence-corrected chi connectivity index (χ3v) is 12.8. The van der Waals surface area contributed by atoms with Gasteiger partial charge in [0.05, 0.1) is 0 Å². The first-order valence-electron chi connectivity index (χ1n) is 18.0. The van der Waals surface area contributed by atoms with Crippen LogP contribution in [0.15, 0.2) is 144 Å². The number of allylic oxidation sites excluding steroid dienone is 12. The van der Waals surface area contributed by atoms with Gasteiger partial charge in [-0.15, -0.1) is 0 Å². The molecule has 0 bridgehead atoms. The van der Waals surface area contributed by atoms with Crippen molar-refractivity contribution in [2.75, 3.05) is 0 Å². The Labute approximate surface area is 284 Å². The molecule has 48 heavy (non-hydrogen) atoms. The Morgan fingerprint density at radius 3 is 2.10 bits per heavy atom. The van der Waals surface area contributed by atoms with Crippen LogP contribution in [0, 0.1) is 17.3 Å². The van der Waals surface area contributed by atoms with Crippen molar-refractivity contribution >= 4 is 37.9 Å². The second-order valence-electron chi connectivity index (χ2n) is 15.9. The van der Waals surface area contributed by atoms with Crippen LogP contribution in [0.3, 0.4) is 0 Å². The lowest BCUT2D eigenvalue weighted by Crippen LogP contribution is -2.24. The van der Waals surface area contributed by atoms with Crippen LogP contribution in [0.4, 0.5) is 0 Å². The monoisotopic (exact) mass is 618 g/mol. The van der Waals surface area contributed by atoms with Crippen LogP contribution >= 0.6 is 0 Å². The average molecular weight is 619 g/mol. The Morgan fingerprint density at radius 2 is 1.31 bits per heavy atom. The summed E-state index contributed by atoms with van der Waals surface area (Å²) in [7, 11) is 0. The molecule has 0 aromatic heterocycles. The molecule has 0 saturated heterocycles. The van der Waals surface area contributed by atoms with Crippen LogP contribution in [0.25, 0.3) is 49.0 Å². The molecule has 0 fully saturated rings. The molecule has 5 aromatic rings. The van der Waals surface area contributed by atoms with Gasteiger partial charge in [-0.05, 0) is 126 Å². The first kappa shape index (κ1) is 28.3. The van der Waals surface area contributed by atoms with E-state index in [0.717, 1.165) is 19.3 Å². The van der Waals surface area contributed by atoms with Gasteiger partial charge in [-0.1, -0.05) is 149 Å². The number of rotatable bonds is 2. The molecule has 0 aliphatic heterocycles. The maximum absolute atomic E-state index is 2.60. The summed E-state index contributed by atoms with van der Waals surface area (Å²) in [6.07, 6.45) is 21.6. The van der Waals surface area contributed by atoms with E-state index in [1.165, 1.54) is 72.1 Å². The van der Waals surface area contributed by atoms with Gasteiger partial charge in [0.2, 0.25) is 0 Å². The van der Waals surface area contributed by atoms with Gasteiger partial charge in [0, 0.05) is 11.3 Å². The maximum Gasteiger partial charge on any atom is 0.0165 e. The largest absolute Gasteiger partial charge is 0.0796 e. The highest BCUT2D eigenvalue weighted by molar-refractivity contribution is 6.27. The van der Waals surface area contributed by atoms with Gasteiger partial charge in [0.15, 0.2) is 0 Å². The van der Waals surface area contributed by atoms with E-state index in [1.807, 2.05) is 0 Å². The second-order valence-corrected chi connectivity index (χ2v) is 15.9. The minimum Gasteiger partial charge on any atom is -0.0796 e. The number of benzene rings is 5. The Morgan fingerprint density at radius 1 is 0.625 bits per heavy atom. The van der Waals surface area contributed by atoms with Crippen LogP contribution in [-0.4, -0.2) is 0 Å². The van der Waals surface area contributed by atoms with E-state index in [9.17, 15) is 0 Å². The van der Waals surface area contributed by atoms with Gasteiger partial charge in [0.25, 0.3) is 0 Å². The predicted octanol–water partition coefficient (Wildman–Crippen LogP) is 13.0. The molecule has 0 spiro atoms. The van der Waals surface area contributed by atoms with E-state index in [1.54, 1.807) is 22.3 Å². The normalized spacial score (nSPS) is 23.1. The van der Waals surface area contributed by atoms with E-state index < -0.39 is 0 Å². The Bertz CT molecular complexity index is 2410. The maximum atomic E-state index is 2.60. The van der Waals surface area contributed by atoms with Gasteiger partial charge < -0.3 is 0 Å². The highest BCUT2D eigenvalue weighted by Crippen LogP contribution is 2.57. The van der Waals surface area contributed by atoms with E-state index in [4.69, 9.17) is 0 Å². The zero-order valence-corrected chi connectivity index (χ0v) is 28.5. The summed E-state index contributed by atoms with van der Waals surface area (Å²) in [4.78, 5) is 0. The van der Waals surface area contributed by atoms with E-state index in [2.05, 4.69) is 149 Å². The quantitative estimate of drug-likeness (QED) is 0.173. The molecule has 0 radical (unpaired) electrons. The number of fused-ring (bicyclic) bond motifs is 12. The smallest absolute Gasteiger partial charge is 0.0165 e. The molecule has 5 aliphatic rings. The predicted molar refractivity (Wildman–Crippen MR) is 205 cm³/mol. The zero-order valence-electron chi connectivity index (χ0n) is 28.5. The first-order valence-corrected chi connectivity index (χ1v) is 18.0. The molecule has 5 aliphatic carbocycles. The highest BCUT2D eigenvalue weighted by atomic mass is 14.5. The molecule has 2 unspecified atom stereocenters. The van der Waals surface area contributed by atoms with Crippen molar-refractivity contribution in [1.29, 1.82) is 0 Å². The first-order chi connectivity index (χ1) is 23.3. The van der Waals surface area contributed by atoms with Crippen LogP contribution < -0.4 is 0 Å². The van der Waals surface area contributed by atoms with E-state index in [0.29, 0.717) is 11.8 Å². The minimum atomic E-state index is -0.0934. The molecule has 0 N–H and O–H groups in total. The van der Waals surface area contributed by atoms with Gasteiger partial charge in [-0.25, -0.2) is 0 Å². The lowest BCUT2D eigenvalue weighted by molar-refractivity contribution is 0.310. The number of hydrogen-bond acceptors (Lipinski definition) is 0. The van der Waals surface area contributed by atoms with Gasteiger partial charge >= 0.3 is 0 Å². The summed E-state index contributed by atoms with van der Waals surface area (Å²) >= 11 is 0. The summed E-state index contributed by atoms with van der Waals surface area (Å²) in [5.74, 6) is 1.12. The fourth-order valence-electron chi connectivity index (χ4n) is 10.4. The molecular formula is C48H42. The van der Waals surface area contributed by atoms with Crippen molar-refractivity contribution in [1.82, 2.24) is 0 Å². The molecule has 0 saturated carbocycles. The minimum absolute atomic E-state index is 0.0934. The van der Waals surface area contributed by atoms with Crippen LogP contribution in [0.2, 0.25) is 0 Å². The Balaban J connectivity index is 1.08. The second kappa shape index (κ2) is 9.93. The molecule has 0 amide bonds. The van der Waals surface area contributed by atoms with E-state index in [-0.39, 0.29) is 10.8 Å². The van der Waals surface area contributed by atoms with Crippen LogP contribution in [0.5, 0.6) is 0 Å². The zero-order chi connectivity index (χ0) is 32.4. The van der Waals surface area contributed by atoms with Crippen LogP contribution in [0.1, 0.15) is 70.1 Å². The molecule has 0 heterocycles. The van der Waals surface area contributed by atoms with Gasteiger partial charge in [0.1, 0.15) is 0 Å². The molecule has 234 valence electrons. The van der Waals surface area contributed by atoms with Crippen molar-refractivity contribution in [3.63, 3.8) is 0 Å².